The summed E-state index contributed by atoms with van der Waals surface area (Å²) in [4.78, 5) is 23.4. The van der Waals surface area contributed by atoms with Gasteiger partial charge in [0.25, 0.3) is 0 Å². The van der Waals surface area contributed by atoms with Gasteiger partial charge in [-0.1, -0.05) is 6.07 Å². The Hall–Kier alpha value is -1.98. The van der Waals surface area contributed by atoms with E-state index in [0.29, 0.717) is 0 Å². The van der Waals surface area contributed by atoms with Crippen molar-refractivity contribution < 1.29 is 23.1 Å². The molecular weight excluding hydrogens is 268 g/mol. The highest BCUT2D eigenvalue weighted by molar-refractivity contribution is 5.83. The molecule has 2 unspecified atom stereocenters. The minimum Gasteiger partial charge on any atom is -0.466 e. The molecule has 0 spiro atoms. The summed E-state index contributed by atoms with van der Waals surface area (Å²) in [5.74, 6) is -3.49. The molecule has 4 nitrogen and oxygen atoms in total. The molecule has 20 heavy (non-hydrogen) atoms. The molecule has 6 heteroatoms. The van der Waals surface area contributed by atoms with Gasteiger partial charge in [0, 0.05) is 24.9 Å². The molecule has 1 amide bonds. The van der Waals surface area contributed by atoms with Crippen LogP contribution in [0.4, 0.5) is 8.78 Å². The fourth-order valence-electron chi connectivity index (χ4n) is 2.41. The fourth-order valence-corrected chi connectivity index (χ4v) is 2.41. The Labute approximate surface area is 115 Å². The zero-order chi connectivity index (χ0) is 14.7. The molecule has 0 radical (unpaired) electrons. The summed E-state index contributed by atoms with van der Waals surface area (Å²) >= 11 is 0. The highest BCUT2D eigenvalue weighted by atomic mass is 19.1. The van der Waals surface area contributed by atoms with E-state index in [4.69, 9.17) is 4.74 Å². The Morgan fingerprint density at radius 1 is 1.45 bits per heavy atom. The van der Waals surface area contributed by atoms with Crippen LogP contribution in [0.3, 0.4) is 0 Å². The first kappa shape index (κ1) is 14.4. The van der Waals surface area contributed by atoms with Gasteiger partial charge in [-0.05, 0) is 18.6 Å². The second kappa shape index (κ2) is 5.98. The van der Waals surface area contributed by atoms with Gasteiger partial charge in [-0.3, -0.25) is 9.59 Å². The van der Waals surface area contributed by atoms with E-state index >= 15 is 0 Å². The highest BCUT2D eigenvalue weighted by Gasteiger charge is 2.37. The van der Waals surface area contributed by atoms with Crippen molar-refractivity contribution >= 4 is 11.9 Å². The van der Waals surface area contributed by atoms with Crippen LogP contribution in [0.5, 0.6) is 0 Å². The molecule has 2 atom stereocenters. The molecular formula is C14H15F2NO3. The van der Waals surface area contributed by atoms with Gasteiger partial charge in [0.05, 0.1) is 12.5 Å². The van der Waals surface area contributed by atoms with E-state index in [1.807, 2.05) is 0 Å². The Kier molecular flexibility index (Phi) is 4.32. The van der Waals surface area contributed by atoms with Crippen molar-refractivity contribution in [3.05, 3.63) is 35.4 Å². The molecule has 0 aromatic heterocycles. The standard InChI is InChI=1S/C14H15F2NO3/c1-2-20-14(19)11-7-17-13(18)6-10(11)9-4-3-8(15)5-12(9)16/h3-5,10-11H,2,6-7H2,1H3,(H,17,18). The molecule has 1 aromatic rings. The average molecular weight is 283 g/mol. The van der Waals surface area contributed by atoms with E-state index in [0.717, 1.165) is 12.1 Å². The van der Waals surface area contributed by atoms with Gasteiger partial charge >= 0.3 is 5.97 Å². The second-order valence-electron chi connectivity index (χ2n) is 4.64. The summed E-state index contributed by atoms with van der Waals surface area (Å²) in [7, 11) is 0. The molecule has 108 valence electrons. The Morgan fingerprint density at radius 3 is 2.85 bits per heavy atom. The number of esters is 1. The van der Waals surface area contributed by atoms with Crippen LogP contribution < -0.4 is 5.32 Å². The number of piperidine rings is 1. The van der Waals surface area contributed by atoms with E-state index in [1.54, 1.807) is 6.92 Å². The van der Waals surface area contributed by atoms with E-state index in [-0.39, 0.29) is 31.0 Å². The molecule has 0 bridgehead atoms. The van der Waals surface area contributed by atoms with Crippen molar-refractivity contribution in [3.8, 4) is 0 Å². The first-order valence-electron chi connectivity index (χ1n) is 6.41. The third-order valence-electron chi connectivity index (χ3n) is 3.36. The van der Waals surface area contributed by atoms with Crippen molar-refractivity contribution in [1.29, 1.82) is 0 Å². The molecule has 1 fully saturated rings. The molecule has 1 N–H and O–H groups in total. The van der Waals surface area contributed by atoms with Gasteiger partial charge in [-0.15, -0.1) is 0 Å². The van der Waals surface area contributed by atoms with Crippen molar-refractivity contribution in [3.63, 3.8) is 0 Å². The van der Waals surface area contributed by atoms with Crippen LogP contribution in [0.25, 0.3) is 0 Å². The largest absolute Gasteiger partial charge is 0.466 e. The number of carbonyl (C=O) groups excluding carboxylic acids is 2. The number of hydrogen-bond donors (Lipinski definition) is 1. The van der Waals surface area contributed by atoms with Crippen molar-refractivity contribution in [2.45, 2.75) is 19.3 Å². The molecule has 0 aliphatic carbocycles. The van der Waals surface area contributed by atoms with Crippen LogP contribution in [0.15, 0.2) is 18.2 Å². The van der Waals surface area contributed by atoms with Crippen LogP contribution in [-0.2, 0) is 14.3 Å². The van der Waals surface area contributed by atoms with E-state index < -0.39 is 29.4 Å². The molecule has 1 aromatic carbocycles. The number of hydrogen-bond acceptors (Lipinski definition) is 3. The lowest BCUT2D eigenvalue weighted by Crippen LogP contribution is -2.44. The SMILES string of the molecule is CCOC(=O)C1CNC(=O)CC1c1ccc(F)cc1F. The monoisotopic (exact) mass is 283 g/mol. The summed E-state index contributed by atoms with van der Waals surface area (Å²) in [5.41, 5.74) is 0.166. The number of halogens is 2. The average Bonchev–Trinajstić information content (AvgIpc) is 2.38. The quantitative estimate of drug-likeness (QED) is 0.860. The van der Waals surface area contributed by atoms with Crippen LogP contribution >= 0.6 is 0 Å². The predicted molar refractivity (Wildman–Crippen MR) is 66.8 cm³/mol. The normalized spacial score (nSPS) is 22.2. The maximum Gasteiger partial charge on any atom is 0.311 e. The second-order valence-corrected chi connectivity index (χ2v) is 4.64. The number of rotatable bonds is 3. The summed E-state index contributed by atoms with van der Waals surface area (Å²) < 4.78 is 31.8. The lowest BCUT2D eigenvalue weighted by Gasteiger charge is -2.30. The zero-order valence-electron chi connectivity index (χ0n) is 11.0. The summed E-state index contributed by atoms with van der Waals surface area (Å²) in [6, 6.07) is 3.15. The summed E-state index contributed by atoms with van der Waals surface area (Å²) in [5, 5.41) is 2.57. The van der Waals surface area contributed by atoms with Gasteiger partial charge in [0.15, 0.2) is 0 Å². The maximum atomic E-state index is 13.9. The van der Waals surface area contributed by atoms with Crippen LogP contribution in [-0.4, -0.2) is 25.0 Å². The number of amides is 1. The molecule has 2 rings (SSSR count). The van der Waals surface area contributed by atoms with Crippen molar-refractivity contribution in [1.82, 2.24) is 5.32 Å². The van der Waals surface area contributed by atoms with Gasteiger partial charge in [-0.2, -0.15) is 0 Å². The maximum absolute atomic E-state index is 13.9. The summed E-state index contributed by atoms with van der Waals surface area (Å²) in [6.45, 7) is 1.98. The Bertz CT molecular complexity index is 533. The molecule has 0 saturated carbocycles. The number of benzene rings is 1. The van der Waals surface area contributed by atoms with Crippen LogP contribution in [0, 0.1) is 17.6 Å². The van der Waals surface area contributed by atoms with E-state index in [2.05, 4.69) is 5.32 Å². The number of nitrogens with one attached hydrogen (secondary N) is 1. The van der Waals surface area contributed by atoms with Gasteiger partial charge in [0.2, 0.25) is 5.91 Å². The van der Waals surface area contributed by atoms with Gasteiger partial charge in [0.1, 0.15) is 11.6 Å². The smallest absolute Gasteiger partial charge is 0.311 e. The lowest BCUT2D eigenvalue weighted by molar-refractivity contribution is -0.150. The predicted octanol–water partition coefficient (Wildman–Crippen LogP) is 1.75. The lowest BCUT2D eigenvalue weighted by atomic mass is 9.80. The zero-order valence-corrected chi connectivity index (χ0v) is 11.0. The highest BCUT2D eigenvalue weighted by Crippen LogP contribution is 2.33. The molecule has 1 saturated heterocycles. The van der Waals surface area contributed by atoms with Gasteiger partial charge < -0.3 is 10.1 Å². The first-order valence-corrected chi connectivity index (χ1v) is 6.41. The minimum absolute atomic E-state index is 0.0218. The van der Waals surface area contributed by atoms with Crippen molar-refractivity contribution in [2.24, 2.45) is 5.92 Å². The molecule has 1 heterocycles. The number of carbonyl (C=O) groups is 2. The summed E-state index contributed by atoms with van der Waals surface area (Å²) in [6.07, 6.45) is -0.0218. The third kappa shape index (κ3) is 2.95. The van der Waals surface area contributed by atoms with Gasteiger partial charge in [-0.25, -0.2) is 8.78 Å². The first-order chi connectivity index (χ1) is 9.52. The topological polar surface area (TPSA) is 55.4 Å². The van der Waals surface area contributed by atoms with Crippen LogP contribution in [0.2, 0.25) is 0 Å². The molecule has 1 aliphatic heterocycles. The van der Waals surface area contributed by atoms with Crippen LogP contribution in [0.1, 0.15) is 24.8 Å². The fraction of sp³-hybridized carbons (Fsp3) is 0.429. The third-order valence-corrected chi connectivity index (χ3v) is 3.36. The minimum atomic E-state index is -0.751. The van der Waals surface area contributed by atoms with E-state index in [9.17, 15) is 18.4 Å². The van der Waals surface area contributed by atoms with Crippen molar-refractivity contribution in [2.75, 3.05) is 13.2 Å². The Morgan fingerprint density at radius 2 is 2.20 bits per heavy atom. The molecule has 1 aliphatic rings. The Balaban J connectivity index is 2.32. The van der Waals surface area contributed by atoms with E-state index in [1.165, 1.54) is 6.07 Å². The number of ether oxygens (including phenoxy) is 1.